The van der Waals surface area contributed by atoms with Crippen molar-refractivity contribution < 1.29 is 19.2 Å². The molecule has 0 atom stereocenters. The van der Waals surface area contributed by atoms with E-state index in [0.717, 1.165) is 0 Å². The van der Waals surface area contributed by atoms with Crippen LogP contribution in [-0.2, 0) is 9.53 Å². The van der Waals surface area contributed by atoms with Crippen molar-refractivity contribution in [3.05, 3.63) is 39.4 Å². The first-order chi connectivity index (χ1) is 11.9. The molecule has 0 saturated carbocycles. The van der Waals surface area contributed by atoms with Gasteiger partial charge >= 0.3 is 5.97 Å². The molecule has 0 saturated heterocycles. The summed E-state index contributed by atoms with van der Waals surface area (Å²) in [5.74, 6) is -0.853. The summed E-state index contributed by atoms with van der Waals surface area (Å²) < 4.78 is 5.31. The van der Waals surface area contributed by atoms with Gasteiger partial charge in [0.15, 0.2) is 0 Å². The van der Waals surface area contributed by atoms with Gasteiger partial charge in [0.25, 0.3) is 11.6 Å². The number of hydrogen-bond acceptors (Lipinski definition) is 6. The fourth-order valence-electron chi connectivity index (χ4n) is 2.27. The van der Waals surface area contributed by atoms with Crippen molar-refractivity contribution in [2.45, 2.75) is 33.3 Å². The summed E-state index contributed by atoms with van der Waals surface area (Å²) in [7, 11) is 3.74. The van der Waals surface area contributed by atoms with Gasteiger partial charge in [-0.25, -0.2) is 0 Å². The largest absolute Gasteiger partial charge is 0.459 e. The fraction of sp³-hybridized carbons (Fsp3) is 0.556. The molecule has 0 radical (unpaired) electrons. The zero-order valence-corrected chi connectivity index (χ0v) is 16.2. The van der Waals surface area contributed by atoms with Gasteiger partial charge in [-0.2, -0.15) is 0 Å². The highest BCUT2D eigenvalue weighted by molar-refractivity contribution is 5.97. The molecule has 0 aliphatic carbocycles. The molecule has 0 fully saturated rings. The van der Waals surface area contributed by atoms with Crippen molar-refractivity contribution in [1.82, 2.24) is 9.80 Å². The summed E-state index contributed by atoms with van der Waals surface area (Å²) in [5.41, 5.74) is 0.101. The minimum Gasteiger partial charge on any atom is -0.459 e. The smallest absolute Gasteiger partial charge is 0.326 e. The molecule has 0 aromatic heterocycles. The quantitative estimate of drug-likeness (QED) is 0.418. The number of carbonyl (C=O) groups is 2. The summed E-state index contributed by atoms with van der Waals surface area (Å²) in [4.78, 5) is 38.7. The second kappa shape index (κ2) is 8.75. The third-order valence-electron chi connectivity index (χ3n) is 3.50. The molecule has 26 heavy (non-hydrogen) atoms. The minimum absolute atomic E-state index is 0.0777. The van der Waals surface area contributed by atoms with E-state index in [4.69, 9.17) is 4.74 Å². The van der Waals surface area contributed by atoms with E-state index in [1.54, 1.807) is 27.7 Å². The van der Waals surface area contributed by atoms with Crippen molar-refractivity contribution in [3.63, 3.8) is 0 Å². The van der Waals surface area contributed by atoms with Crippen LogP contribution in [-0.4, -0.2) is 65.9 Å². The molecule has 0 aliphatic heterocycles. The Labute approximate surface area is 153 Å². The molecule has 1 aromatic carbocycles. The summed E-state index contributed by atoms with van der Waals surface area (Å²) in [6.45, 7) is 7.65. The number of nitro benzene ring substituents is 1. The monoisotopic (exact) mass is 365 g/mol. The number of hydrogen-bond donors (Lipinski definition) is 0. The first-order valence-electron chi connectivity index (χ1n) is 8.31. The number of nitro groups is 1. The van der Waals surface area contributed by atoms with E-state index in [1.807, 2.05) is 19.0 Å². The molecule has 0 aliphatic rings. The van der Waals surface area contributed by atoms with Gasteiger partial charge in [-0.3, -0.25) is 19.7 Å². The van der Waals surface area contributed by atoms with Crippen LogP contribution in [0.5, 0.6) is 0 Å². The van der Waals surface area contributed by atoms with E-state index in [9.17, 15) is 19.7 Å². The van der Waals surface area contributed by atoms with E-state index in [-0.39, 0.29) is 18.1 Å². The second-order valence-electron chi connectivity index (χ2n) is 7.37. The van der Waals surface area contributed by atoms with Crippen LogP contribution in [0.2, 0.25) is 0 Å². The van der Waals surface area contributed by atoms with Crippen molar-refractivity contribution >= 4 is 17.6 Å². The Balaban J connectivity index is 3.03. The van der Waals surface area contributed by atoms with Gasteiger partial charge in [0, 0.05) is 30.8 Å². The Morgan fingerprint density at radius 3 is 2.27 bits per heavy atom. The molecule has 144 valence electrons. The molecule has 1 aromatic rings. The molecule has 0 heterocycles. The average molecular weight is 365 g/mol. The first-order valence-corrected chi connectivity index (χ1v) is 8.31. The van der Waals surface area contributed by atoms with Gasteiger partial charge in [0.1, 0.15) is 12.1 Å². The number of rotatable bonds is 7. The van der Waals surface area contributed by atoms with Crippen LogP contribution in [0, 0.1) is 17.0 Å². The highest BCUT2D eigenvalue weighted by atomic mass is 16.6. The Morgan fingerprint density at radius 1 is 1.19 bits per heavy atom. The lowest BCUT2D eigenvalue weighted by molar-refractivity contribution is -0.384. The second-order valence-corrected chi connectivity index (χ2v) is 7.37. The number of nitrogens with zero attached hydrogens (tertiary/aromatic N) is 3. The van der Waals surface area contributed by atoms with Crippen LogP contribution >= 0.6 is 0 Å². The van der Waals surface area contributed by atoms with Crippen molar-refractivity contribution in [3.8, 4) is 0 Å². The lowest BCUT2D eigenvalue weighted by Gasteiger charge is -2.26. The maximum atomic E-state index is 12.9. The molecule has 8 heteroatoms. The highest BCUT2D eigenvalue weighted by Crippen LogP contribution is 2.19. The van der Waals surface area contributed by atoms with Crippen molar-refractivity contribution in [2.75, 3.05) is 33.7 Å². The zero-order valence-electron chi connectivity index (χ0n) is 16.2. The summed E-state index contributed by atoms with van der Waals surface area (Å²) >= 11 is 0. The molecule has 1 rings (SSSR count). The number of likely N-dealkylation sites (N-methyl/N-ethyl adjacent to an activating group) is 1. The van der Waals surface area contributed by atoms with Crippen LogP contribution in [0.25, 0.3) is 0 Å². The molecule has 1 amide bonds. The maximum Gasteiger partial charge on any atom is 0.326 e. The lowest BCUT2D eigenvalue weighted by atomic mass is 10.1. The molecular weight excluding hydrogens is 338 g/mol. The number of ether oxygens (including phenoxy) is 1. The summed E-state index contributed by atoms with van der Waals surface area (Å²) in [5, 5.41) is 10.9. The zero-order chi connectivity index (χ0) is 20.1. The number of carbonyl (C=O) groups excluding carboxylic acids is 2. The topological polar surface area (TPSA) is 93.0 Å². The maximum absolute atomic E-state index is 12.9. The van der Waals surface area contributed by atoms with Crippen LogP contribution < -0.4 is 0 Å². The Morgan fingerprint density at radius 2 is 1.81 bits per heavy atom. The summed E-state index contributed by atoms with van der Waals surface area (Å²) in [6.07, 6.45) is 0. The first kappa shape index (κ1) is 21.6. The SMILES string of the molecule is Cc1cc([N+](=O)[O-])ccc1C(=O)N(CCN(C)C)CC(=O)OC(C)(C)C. The Kier molecular flexibility index (Phi) is 7.26. The normalized spacial score (nSPS) is 11.3. The van der Waals surface area contributed by atoms with Gasteiger partial charge in [-0.15, -0.1) is 0 Å². The van der Waals surface area contributed by atoms with E-state index in [2.05, 4.69) is 0 Å². The third-order valence-corrected chi connectivity index (χ3v) is 3.50. The number of aryl methyl sites for hydroxylation is 1. The van der Waals surface area contributed by atoms with Crippen LogP contribution in [0.15, 0.2) is 18.2 Å². The van der Waals surface area contributed by atoms with Crippen molar-refractivity contribution in [1.29, 1.82) is 0 Å². The fourth-order valence-corrected chi connectivity index (χ4v) is 2.27. The average Bonchev–Trinajstić information content (AvgIpc) is 2.48. The molecule has 0 unspecified atom stereocenters. The predicted molar refractivity (Wildman–Crippen MR) is 98.1 cm³/mol. The predicted octanol–water partition coefficient (Wildman–Crippen LogP) is 2.25. The lowest BCUT2D eigenvalue weighted by Crippen LogP contribution is -2.42. The Hall–Kier alpha value is -2.48. The van der Waals surface area contributed by atoms with Gasteiger partial charge < -0.3 is 14.5 Å². The Bertz CT molecular complexity index is 680. The van der Waals surface area contributed by atoms with Crippen LogP contribution in [0.4, 0.5) is 5.69 Å². The van der Waals surface area contributed by atoms with Crippen LogP contribution in [0.3, 0.4) is 0 Å². The van der Waals surface area contributed by atoms with Gasteiger partial charge in [-0.05, 0) is 53.4 Å². The molecule has 0 N–H and O–H groups in total. The molecule has 0 spiro atoms. The number of non-ortho nitro benzene ring substituents is 1. The van der Waals surface area contributed by atoms with Gasteiger partial charge in [-0.1, -0.05) is 0 Å². The highest BCUT2D eigenvalue weighted by Gasteiger charge is 2.24. The summed E-state index contributed by atoms with van der Waals surface area (Å²) in [6, 6.07) is 4.07. The molecule has 8 nitrogen and oxygen atoms in total. The van der Waals surface area contributed by atoms with Gasteiger partial charge in [0.05, 0.1) is 4.92 Å². The third kappa shape index (κ3) is 6.79. The van der Waals surface area contributed by atoms with Crippen molar-refractivity contribution in [2.24, 2.45) is 0 Å². The number of esters is 1. The number of benzene rings is 1. The molecular formula is C18H27N3O5. The molecule has 0 bridgehead atoms. The minimum atomic E-state index is -0.642. The van der Waals surface area contributed by atoms with E-state index in [0.29, 0.717) is 24.2 Å². The van der Waals surface area contributed by atoms with E-state index < -0.39 is 16.5 Å². The van der Waals surface area contributed by atoms with E-state index >= 15 is 0 Å². The number of amides is 1. The van der Waals surface area contributed by atoms with E-state index in [1.165, 1.54) is 23.1 Å². The van der Waals surface area contributed by atoms with Gasteiger partial charge in [0.2, 0.25) is 0 Å². The standard InChI is InChI=1S/C18H27N3O5/c1-13-11-14(21(24)25)7-8-15(13)17(23)20(10-9-19(5)6)12-16(22)26-18(2,3)4/h7-8,11H,9-10,12H2,1-6H3. The van der Waals surface area contributed by atoms with Crippen LogP contribution in [0.1, 0.15) is 36.7 Å².